The quantitative estimate of drug-likeness (QED) is 0.626. The van der Waals surface area contributed by atoms with Gasteiger partial charge in [0.1, 0.15) is 5.69 Å². The lowest BCUT2D eigenvalue weighted by Crippen LogP contribution is -2.46. The second-order valence-electron chi connectivity index (χ2n) is 6.00. The van der Waals surface area contributed by atoms with Crippen molar-refractivity contribution in [3.05, 3.63) is 44.7 Å². The molecule has 0 N–H and O–H groups in total. The number of anilines is 1. The van der Waals surface area contributed by atoms with Crippen molar-refractivity contribution >= 4 is 22.3 Å². The molecule has 1 aliphatic heterocycles. The van der Waals surface area contributed by atoms with Crippen LogP contribution in [-0.2, 0) is 11.8 Å². The van der Waals surface area contributed by atoms with Crippen molar-refractivity contribution in [2.24, 2.45) is 7.05 Å². The molecule has 0 bridgehead atoms. The standard InChI is InChI=1S/C16H19N3O4/c1-10-8-18(9-11(2)23-10)14-12-6-4-5-7-13(12)17(3)16(20)15(14)19(21)22/h4-7,10-11H,8-9H2,1-3H3. The summed E-state index contributed by atoms with van der Waals surface area (Å²) in [5.41, 5.74) is 0.128. The van der Waals surface area contributed by atoms with Gasteiger partial charge in [-0.2, -0.15) is 0 Å². The number of hydrogen-bond acceptors (Lipinski definition) is 5. The van der Waals surface area contributed by atoms with Crippen molar-refractivity contribution in [1.82, 2.24) is 4.57 Å². The van der Waals surface area contributed by atoms with Gasteiger partial charge in [-0.1, -0.05) is 18.2 Å². The van der Waals surface area contributed by atoms with E-state index in [1.807, 2.05) is 36.9 Å². The van der Waals surface area contributed by atoms with E-state index in [9.17, 15) is 14.9 Å². The van der Waals surface area contributed by atoms with Crippen molar-refractivity contribution in [3.8, 4) is 0 Å². The molecule has 0 spiro atoms. The van der Waals surface area contributed by atoms with Gasteiger partial charge in [0.15, 0.2) is 0 Å². The number of fused-ring (bicyclic) bond motifs is 1. The van der Waals surface area contributed by atoms with Crippen molar-refractivity contribution in [2.75, 3.05) is 18.0 Å². The highest BCUT2D eigenvalue weighted by Gasteiger charge is 2.32. The van der Waals surface area contributed by atoms with Crippen molar-refractivity contribution in [3.63, 3.8) is 0 Å². The Morgan fingerprint density at radius 1 is 1.22 bits per heavy atom. The fraction of sp³-hybridized carbons (Fsp3) is 0.438. The summed E-state index contributed by atoms with van der Waals surface area (Å²) in [6, 6.07) is 7.27. The number of nitrogens with zero attached hydrogens (tertiary/aromatic N) is 3. The third-order valence-corrected chi connectivity index (χ3v) is 4.17. The highest BCUT2D eigenvalue weighted by atomic mass is 16.6. The van der Waals surface area contributed by atoms with E-state index in [4.69, 9.17) is 4.74 Å². The number of ether oxygens (including phenoxy) is 1. The van der Waals surface area contributed by atoms with Crippen LogP contribution in [0.3, 0.4) is 0 Å². The molecule has 1 fully saturated rings. The van der Waals surface area contributed by atoms with E-state index in [2.05, 4.69) is 0 Å². The normalized spacial score (nSPS) is 21.6. The van der Waals surface area contributed by atoms with E-state index in [1.165, 1.54) is 4.57 Å². The van der Waals surface area contributed by atoms with Gasteiger partial charge in [-0.15, -0.1) is 0 Å². The third kappa shape index (κ3) is 2.57. The minimum Gasteiger partial charge on any atom is -0.372 e. The molecule has 0 radical (unpaired) electrons. The molecule has 1 aromatic heterocycles. The van der Waals surface area contributed by atoms with Gasteiger partial charge < -0.3 is 14.2 Å². The maximum Gasteiger partial charge on any atom is 0.357 e. The third-order valence-electron chi connectivity index (χ3n) is 4.17. The van der Waals surface area contributed by atoms with Gasteiger partial charge in [-0.3, -0.25) is 14.9 Å². The monoisotopic (exact) mass is 317 g/mol. The maximum absolute atomic E-state index is 12.5. The number of nitro groups is 1. The highest BCUT2D eigenvalue weighted by molar-refractivity contribution is 5.96. The molecule has 7 heteroatoms. The molecular formula is C16H19N3O4. The zero-order valence-electron chi connectivity index (χ0n) is 13.4. The number of para-hydroxylation sites is 1. The zero-order valence-corrected chi connectivity index (χ0v) is 13.4. The Bertz CT molecular complexity index is 820. The molecule has 0 saturated carbocycles. The summed E-state index contributed by atoms with van der Waals surface area (Å²) in [4.78, 5) is 25.4. The van der Waals surface area contributed by atoms with Crippen LogP contribution in [0.15, 0.2) is 29.1 Å². The average Bonchev–Trinajstić information content (AvgIpc) is 2.49. The SMILES string of the molecule is CC1CN(c2c([N+](=O)[O-])c(=O)n(C)c3ccccc23)CC(C)O1. The molecule has 0 amide bonds. The summed E-state index contributed by atoms with van der Waals surface area (Å²) in [7, 11) is 1.56. The Morgan fingerprint density at radius 2 is 1.83 bits per heavy atom. The molecule has 23 heavy (non-hydrogen) atoms. The first kappa shape index (κ1) is 15.5. The van der Waals surface area contributed by atoms with Crippen LogP contribution in [0.5, 0.6) is 0 Å². The number of pyridine rings is 1. The van der Waals surface area contributed by atoms with Gasteiger partial charge in [-0.05, 0) is 19.9 Å². The van der Waals surface area contributed by atoms with Crippen LogP contribution in [-0.4, -0.2) is 34.8 Å². The van der Waals surface area contributed by atoms with Crippen LogP contribution >= 0.6 is 0 Å². The number of aryl methyl sites for hydroxylation is 1. The lowest BCUT2D eigenvalue weighted by Gasteiger charge is -2.37. The van der Waals surface area contributed by atoms with Crippen LogP contribution in [0.2, 0.25) is 0 Å². The maximum atomic E-state index is 12.5. The number of morpholine rings is 1. The molecule has 2 unspecified atom stereocenters. The zero-order chi connectivity index (χ0) is 16.7. The summed E-state index contributed by atoms with van der Waals surface area (Å²) < 4.78 is 7.05. The summed E-state index contributed by atoms with van der Waals surface area (Å²) >= 11 is 0. The molecule has 3 rings (SSSR count). The van der Waals surface area contributed by atoms with Crippen LogP contribution in [0.1, 0.15) is 13.8 Å². The minimum atomic E-state index is -0.588. The Morgan fingerprint density at radius 3 is 2.43 bits per heavy atom. The summed E-state index contributed by atoms with van der Waals surface area (Å²) in [6.07, 6.45) is -0.109. The van der Waals surface area contributed by atoms with Crippen LogP contribution in [0.4, 0.5) is 11.4 Å². The molecule has 1 saturated heterocycles. The first-order valence-corrected chi connectivity index (χ1v) is 7.56. The van der Waals surface area contributed by atoms with E-state index >= 15 is 0 Å². The molecular weight excluding hydrogens is 298 g/mol. The number of hydrogen-bond donors (Lipinski definition) is 0. The summed E-state index contributed by atoms with van der Waals surface area (Å²) in [6.45, 7) is 4.89. The molecule has 2 aromatic rings. The summed E-state index contributed by atoms with van der Waals surface area (Å²) in [5.74, 6) is 0. The minimum absolute atomic E-state index is 0.0545. The number of rotatable bonds is 2. The predicted octanol–water partition coefficient (Wildman–Crippen LogP) is 2.06. The lowest BCUT2D eigenvalue weighted by atomic mass is 10.1. The molecule has 122 valence electrons. The Labute approximate surface area is 133 Å². The van der Waals surface area contributed by atoms with Gasteiger partial charge in [0, 0.05) is 25.5 Å². The molecule has 2 heterocycles. The predicted molar refractivity (Wildman–Crippen MR) is 88.1 cm³/mol. The fourth-order valence-corrected chi connectivity index (χ4v) is 3.31. The largest absolute Gasteiger partial charge is 0.372 e. The smallest absolute Gasteiger partial charge is 0.357 e. The molecule has 1 aromatic carbocycles. The van der Waals surface area contributed by atoms with Crippen LogP contribution < -0.4 is 10.5 Å². The second-order valence-corrected chi connectivity index (χ2v) is 6.00. The highest BCUT2D eigenvalue weighted by Crippen LogP contribution is 2.34. The Hall–Kier alpha value is -2.41. The first-order valence-electron chi connectivity index (χ1n) is 7.56. The van der Waals surface area contributed by atoms with E-state index < -0.39 is 10.5 Å². The van der Waals surface area contributed by atoms with Crippen molar-refractivity contribution < 1.29 is 9.66 Å². The second kappa shape index (κ2) is 5.66. The van der Waals surface area contributed by atoms with E-state index in [0.29, 0.717) is 29.7 Å². The molecule has 0 aliphatic carbocycles. The van der Waals surface area contributed by atoms with Gasteiger partial charge in [0.05, 0.1) is 22.6 Å². The summed E-state index contributed by atoms with van der Waals surface area (Å²) in [5, 5.41) is 12.3. The first-order chi connectivity index (χ1) is 10.9. The van der Waals surface area contributed by atoms with E-state index in [-0.39, 0.29) is 17.9 Å². The van der Waals surface area contributed by atoms with Crippen LogP contribution in [0.25, 0.3) is 10.9 Å². The fourth-order valence-electron chi connectivity index (χ4n) is 3.31. The molecule has 1 aliphatic rings. The molecule has 7 nitrogen and oxygen atoms in total. The van der Waals surface area contributed by atoms with E-state index in [0.717, 1.165) is 0 Å². The lowest BCUT2D eigenvalue weighted by molar-refractivity contribution is -0.385. The Kier molecular flexibility index (Phi) is 3.81. The number of benzene rings is 1. The topological polar surface area (TPSA) is 77.6 Å². The van der Waals surface area contributed by atoms with Gasteiger partial charge in [0.2, 0.25) is 0 Å². The van der Waals surface area contributed by atoms with Gasteiger partial charge in [-0.25, -0.2) is 0 Å². The number of aromatic nitrogens is 1. The van der Waals surface area contributed by atoms with Gasteiger partial charge in [0.25, 0.3) is 0 Å². The van der Waals surface area contributed by atoms with E-state index in [1.54, 1.807) is 13.1 Å². The van der Waals surface area contributed by atoms with Crippen molar-refractivity contribution in [1.29, 1.82) is 0 Å². The van der Waals surface area contributed by atoms with Gasteiger partial charge >= 0.3 is 11.2 Å². The van der Waals surface area contributed by atoms with Crippen LogP contribution in [0, 0.1) is 10.1 Å². The Balaban J connectivity index is 2.33. The van der Waals surface area contributed by atoms with Crippen molar-refractivity contribution in [2.45, 2.75) is 26.1 Å². The average molecular weight is 317 g/mol. The molecule has 2 atom stereocenters.